The molecule has 0 amide bonds. The van der Waals surface area contributed by atoms with Crippen molar-refractivity contribution in [3.8, 4) is 0 Å². The van der Waals surface area contributed by atoms with E-state index in [1.54, 1.807) is 0 Å². The van der Waals surface area contributed by atoms with E-state index in [0.717, 1.165) is 5.04 Å². The maximum absolute atomic E-state index is 4.51. The summed E-state index contributed by atoms with van der Waals surface area (Å²) in [6.45, 7) is 0. The molecule has 0 radical (unpaired) electrons. The summed E-state index contributed by atoms with van der Waals surface area (Å²) >= 11 is 1.93. The van der Waals surface area contributed by atoms with Crippen LogP contribution in [0.4, 0.5) is 0 Å². The molecule has 1 spiro atoms. The van der Waals surface area contributed by atoms with Crippen LogP contribution >= 0.6 is 11.8 Å². The highest BCUT2D eigenvalue weighted by Crippen LogP contribution is 2.42. The fourth-order valence-electron chi connectivity index (χ4n) is 2.42. The Morgan fingerprint density at radius 3 is 2.56 bits per heavy atom. The van der Waals surface area contributed by atoms with Crippen LogP contribution in [0.3, 0.4) is 0 Å². The van der Waals surface area contributed by atoms with Gasteiger partial charge in [-0.1, -0.05) is 61.4 Å². The van der Waals surface area contributed by atoms with Gasteiger partial charge >= 0.3 is 0 Å². The third-order valence-electron chi connectivity index (χ3n) is 3.34. The smallest absolute Gasteiger partial charge is 0.126 e. The second-order valence-electron chi connectivity index (χ2n) is 4.55. The Labute approximate surface area is 101 Å². The predicted octanol–water partition coefficient (Wildman–Crippen LogP) is 3.35. The molecule has 1 fully saturated rings. The first-order valence-corrected chi connectivity index (χ1v) is 6.79. The van der Waals surface area contributed by atoms with Crippen molar-refractivity contribution in [3.63, 3.8) is 0 Å². The molecule has 0 bridgehead atoms. The summed E-state index contributed by atoms with van der Waals surface area (Å²) in [5.74, 6) is 0. The van der Waals surface area contributed by atoms with Gasteiger partial charge in [-0.15, -0.1) is 0 Å². The van der Waals surface area contributed by atoms with Crippen LogP contribution in [0.1, 0.15) is 37.7 Å². The van der Waals surface area contributed by atoms with E-state index in [0.29, 0.717) is 0 Å². The van der Waals surface area contributed by atoms with Crippen molar-refractivity contribution in [1.29, 1.82) is 0 Å². The summed E-state index contributed by atoms with van der Waals surface area (Å²) in [6.07, 6.45) is 6.54. The van der Waals surface area contributed by atoms with Gasteiger partial charge in [0.1, 0.15) is 9.91 Å². The molecule has 84 valence electrons. The average molecular weight is 232 g/mol. The number of rotatable bonds is 1. The third-order valence-corrected chi connectivity index (χ3v) is 4.75. The Balaban J connectivity index is 1.77. The monoisotopic (exact) mass is 232 g/mol. The molecule has 1 aliphatic carbocycles. The first kappa shape index (κ1) is 10.2. The Kier molecular flexibility index (Phi) is 2.64. The fourth-order valence-corrected chi connectivity index (χ4v) is 3.72. The van der Waals surface area contributed by atoms with Crippen LogP contribution in [0.2, 0.25) is 0 Å². The summed E-state index contributed by atoms with van der Waals surface area (Å²) < 4.78 is 0. The van der Waals surface area contributed by atoms with E-state index < -0.39 is 0 Å². The van der Waals surface area contributed by atoms with E-state index in [-0.39, 0.29) is 4.87 Å². The van der Waals surface area contributed by atoms with Gasteiger partial charge in [-0.2, -0.15) is 5.10 Å². The van der Waals surface area contributed by atoms with E-state index in [9.17, 15) is 0 Å². The van der Waals surface area contributed by atoms with Crippen LogP contribution in [-0.2, 0) is 0 Å². The number of nitrogens with one attached hydrogen (secondary N) is 1. The van der Waals surface area contributed by atoms with Gasteiger partial charge in [0.05, 0.1) is 0 Å². The zero-order chi connectivity index (χ0) is 10.8. The van der Waals surface area contributed by atoms with Crippen LogP contribution in [0.25, 0.3) is 0 Å². The minimum atomic E-state index is 0.212. The normalized spacial score (nSPS) is 22.9. The Hall–Kier alpha value is -0.960. The highest BCUT2D eigenvalue weighted by molar-refractivity contribution is 8.15. The molecule has 1 N–H and O–H groups in total. The SMILES string of the molecule is c1ccc(C2=NNC3(CCCCC3)S2)cc1. The van der Waals surface area contributed by atoms with Crippen LogP contribution in [0.15, 0.2) is 35.4 Å². The van der Waals surface area contributed by atoms with Gasteiger partial charge in [0.2, 0.25) is 0 Å². The molecule has 16 heavy (non-hydrogen) atoms. The predicted molar refractivity (Wildman–Crippen MR) is 69.5 cm³/mol. The molecule has 1 aromatic carbocycles. The highest BCUT2D eigenvalue weighted by atomic mass is 32.2. The minimum absolute atomic E-state index is 0.212. The molecule has 2 nitrogen and oxygen atoms in total. The number of hydrazone groups is 1. The lowest BCUT2D eigenvalue weighted by Gasteiger charge is -2.31. The van der Waals surface area contributed by atoms with Crippen LogP contribution in [-0.4, -0.2) is 9.91 Å². The number of hydrogen-bond donors (Lipinski definition) is 1. The lowest BCUT2D eigenvalue weighted by Crippen LogP contribution is -2.37. The lowest BCUT2D eigenvalue weighted by atomic mass is 9.95. The van der Waals surface area contributed by atoms with Crippen molar-refractivity contribution in [2.75, 3.05) is 0 Å². The molecular formula is C13H16N2S. The summed E-state index contributed by atoms with van der Waals surface area (Å²) in [7, 11) is 0. The zero-order valence-electron chi connectivity index (χ0n) is 9.28. The molecule has 0 unspecified atom stereocenters. The Morgan fingerprint density at radius 1 is 1.06 bits per heavy atom. The van der Waals surface area contributed by atoms with Crippen LogP contribution in [0, 0.1) is 0 Å². The second kappa shape index (κ2) is 4.13. The van der Waals surface area contributed by atoms with Crippen molar-refractivity contribution < 1.29 is 0 Å². The Morgan fingerprint density at radius 2 is 1.81 bits per heavy atom. The molecule has 1 aliphatic heterocycles. The van der Waals surface area contributed by atoms with E-state index >= 15 is 0 Å². The zero-order valence-corrected chi connectivity index (χ0v) is 10.1. The van der Waals surface area contributed by atoms with E-state index in [4.69, 9.17) is 0 Å². The van der Waals surface area contributed by atoms with Gasteiger partial charge in [-0.3, -0.25) is 5.43 Å². The lowest BCUT2D eigenvalue weighted by molar-refractivity contribution is 0.350. The number of nitrogens with zero attached hydrogens (tertiary/aromatic N) is 1. The number of benzene rings is 1. The summed E-state index contributed by atoms with van der Waals surface area (Å²) in [5, 5.41) is 5.67. The van der Waals surface area contributed by atoms with Crippen molar-refractivity contribution in [3.05, 3.63) is 35.9 Å². The first-order valence-electron chi connectivity index (χ1n) is 5.97. The maximum Gasteiger partial charge on any atom is 0.126 e. The molecular weight excluding hydrogens is 216 g/mol. The van der Waals surface area contributed by atoms with Crippen molar-refractivity contribution >= 4 is 16.8 Å². The molecule has 3 rings (SSSR count). The topological polar surface area (TPSA) is 24.4 Å². The van der Waals surface area contributed by atoms with Gasteiger partial charge in [0.25, 0.3) is 0 Å². The fraction of sp³-hybridized carbons (Fsp3) is 0.462. The van der Waals surface area contributed by atoms with Gasteiger partial charge in [-0.25, -0.2) is 0 Å². The summed E-state index contributed by atoms with van der Waals surface area (Å²) in [6, 6.07) is 10.5. The summed E-state index contributed by atoms with van der Waals surface area (Å²) in [5.41, 5.74) is 4.61. The average Bonchev–Trinajstić information content (AvgIpc) is 2.75. The molecule has 0 atom stereocenters. The molecule has 1 saturated carbocycles. The third kappa shape index (κ3) is 1.84. The molecule has 3 heteroatoms. The largest absolute Gasteiger partial charge is 0.292 e. The standard InChI is InChI=1S/C13H16N2S/c1-3-7-11(8-4-1)12-14-15-13(16-12)9-5-2-6-10-13/h1,3-4,7-8,15H,2,5-6,9-10H2. The van der Waals surface area contributed by atoms with Crippen LogP contribution in [0.5, 0.6) is 0 Å². The van der Waals surface area contributed by atoms with Gasteiger partial charge < -0.3 is 0 Å². The maximum atomic E-state index is 4.51. The highest BCUT2D eigenvalue weighted by Gasteiger charge is 2.38. The molecule has 2 aliphatic rings. The molecule has 0 aromatic heterocycles. The van der Waals surface area contributed by atoms with Gasteiger partial charge in [-0.05, 0) is 12.8 Å². The molecule has 1 aromatic rings. The first-order chi connectivity index (χ1) is 7.88. The van der Waals surface area contributed by atoms with E-state index in [2.05, 4.69) is 34.8 Å². The molecule has 1 heterocycles. The second-order valence-corrected chi connectivity index (χ2v) is 5.92. The van der Waals surface area contributed by atoms with Crippen molar-refractivity contribution in [2.24, 2.45) is 5.10 Å². The van der Waals surface area contributed by atoms with Gasteiger partial charge in [0, 0.05) is 5.56 Å². The Bertz CT molecular complexity index is 394. The number of hydrogen-bond acceptors (Lipinski definition) is 3. The summed E-state index contributed by atoms with van der Waals surface area (Å²) in [4.78, 5) is 0.212. The van der Waals surface area contributed by atoms with E-state index in [1.807, 2.05) is 17.8 Å². The van der Waals surface area contributed by atoms with Crippen molar-refractivity contribution in [1.82, 2.24) is 5.43 Å². The van der Waals surface area contributed by atoms with E-state index in [1.165, 1.54) is 37.7 Å². The van der Waals surface area contributed by atoms with Crippen molar-refractivity contribution in [2.45, 2.75) is 37.0 Å². The van der Waals surface area contributed by atoms with Gasteiger partial charge in [0.15, 0.2) is 0 Å². The molecule has 0 saturated heterocycles. The quantitative estimate of drug-likeness (QED) is 0.803. The van der Waals surface area contributed by atoms with Crippen LogP contribution < -0.4 is 5.43 Å². The number of thioether (sulfide) groups is 1. The minimum Gasteiger partial charge on any atom is -0.292 e.